The molecule has 0 spiro atoms. The standard InChI is InChI=1S/C27H36F2N4O2/c1-19(2)35-26-10-5-7-22(14-26)17-32-12-11-25(13-21(32)4)33(24-9-6-8-23(29)15-24)27(34)31-18-30-20(3)16-28/h5-10,14-15,18-21,25H,11-13,16-17H2,1-4H3,(H,30,31,34)/t20?,21-,25+/m0/s1. The zero-order valence-corrected chi connectivity index (χ0v) is 21.0. The lowest BCUT2D eigenvalue weighted by Crippen LogP contribution is -2.53. The molecular formula is C27H36F2N4O2. The Labute approximate surface area is 207 Å². The van der Waals surface area contributed by atoms with Crippen molar-refractivity contribution in [2.24, 2.45) is 4.99 Å². The summed E-state index contributed by atoms with van der Waals surface area (Å²) >= 11 is 0. The van der Waals surface area contributed by atoms with Crippen LogP contribution in [0, 0.1) is 5.82 Å². The molecule has 35 heavy (non-hydrogen) atoms. The zero-order chi connectivity index (χ0) is 25.4. The Morgan fingerprint density at radius 1 is 1.26 bits per heavy atom. The third kappa shape index (κ3) is 7.75. The fourth-order valence-electron chi connectivity index (χ4n) is 4.34. The Balaban J connectivity index is 1.71. The number of ether oxygens (including phenoxy) is 1. The number of carbonyl (C=O) groups excluding carboxylic acids is 1. The van der Waals surface area contributed by atoms with Gasteiger partial charge in [-0.2, -0.15) is 0 Å². The van der Waals surface area contributed by atoms with Gasteiger partial charge in [0.05, 0.1) is 18.5 Å². The SMILES string of the molecule is CC(CF)N=CNC(=O)N(c1cccc(F)c1)[C@@H]1CCN(Cc2cccc(OC(C)C)c2)[C@@H](C)C1. The van der Waals surface area contributed by atoms with Crippen molar-refractivity contribution in [3.05, 3.63) is 59.9 Å². The van der Waals surface area contributed by atoms with Gasteiger partial charge in [0.1, 0.15) is 18.2 Å². The van der Waals surface area contributed by atoms with Gasteiger partial charge in [0.25, 0.3) is 0 Å². The highest BCUT2D eigenvalue weighted by molar-refractivity contribution is 5.98. The third-order valence-electron chi connectivity index (χ3n) is 6.05. The van der Waals surface area contributed by atoms with E-state index in [0.29, 0.717) is 5.69 Å². The van der Waals surface area contributed by atoms with Crippen molar-refractivity contribution >= 4 is 18.1 Å². The van der Waals surface area contributed by atoms with E-state index < -0.39 is 24.6 Å². The summed E-state index contributed by atoms with van der Waals surface area (Å²) in [6.45, 7) is 8.74. The molecule has 190 valence electrons. The van der Waals surface area contributed by atoms with E-state index in [0.717, 1.165) is 31.7 Å². The number of benzene rings is 2. The van der Waals surface area contributed by atoms with Gasteiger partial charge in [-0.3, -0.25) is 20.1 Å². The zero-order valence-electron chi connectivity index (χ0n) is 21.0. The molecule has 6 nitrogen and oxygen atoms in total. The van der Waals surface area contributed by atoms with Crippen LogP contribution in [0.4, 0.5) is 19.3 Å². The Hall–Kier alpha value is -3.00. The number of piperidine rings is 1. The molecule has 1 unspecified atom stereocenters. The van der Waals surface area contributed by atoms with Crippen LogP contribution in [0.3, 0.4) is 0 Å². The average molecular weight is 487 g/mol. The van der Waals surface area contributed by atoms with Gasteiger partial charge in [-0.15, -0.1) is 0 Å². The third-order valence-corrected chi connectivity index (χ3v) is 6.05. The largest absolute Gasteiger partial charge is 0.491 e. The summed E-state index contributed by atoms with van der Waals surface area (Å²) in [4.78, 5) is 21.1. The van der Waals surface area contributed by atoms with Gasteiger partial charge in [-0.05, 0) is 76.4 Å². The van der Waals surface area contributed by atoms with Crippen LogP contribution in [0.5, 0.6) is 5.75 Å². The second kappa shape index (κ2) is 12.6. The first-order chi connectivity index (χ1) is 16.8. The van der Waals surface area contributed by atoms with Crippen LogP contribution < -0.4 is 15.0 Å². The highest BCUT2D eigenvalue weighted by Crippen LogP contribution is 2.29. The van der Waals surface area contributed by atoms with Gasteiger partial charge in [0, 0.05) is 30.9 Å². The lowest BCUT2D eigenvalue weighted by molar-refractivity contribution is 0.137. The van der Waals surface area contributed by atoms with Crippen molar-refractivity contribution in [1.82, 2.24) is 10.2 Å². The molecule has 0 radical (unpaired) electrons. The molecule has 2 amide bonds. The van der Waals surface area contributed by atoms with E-state index in [-0.39, 0.29) is 18.2 Å². The Morgan fingerprint density at radius 3 is 2.71 bits per heavy atom. The summed E-state index contributed by atoms with van der Waals surface area (Å²) in [5.41, 5.74) is 1.66. The fraction of sp³-hybridized carbons (Fsp3) is 0.481. The van der Waals surface area contributed by atoms with Crippen LogP contribution in [-0.2, 0) is 6.54 Å². The average Bonchev–Trinajstić information content (AvgIpc) is 2.81. The number of carbonyl (C=O) groups is 1. The monoisotopic (exact) mass is 486 g/mol. The predicted molar refractivity (Wildman–Crippen MR) is 136 cm³/mol. The summed E-state index contributed by atoms with van der Waals surface area (Å²) in [5.74, 6) is 0.451. The minimum Gasteiger partial charge on any atom is -0.491 e. The maximum absolute atomic E-state index is 14.0. The van der Waals surface area contributed by atoms with Crippen LogP contribution in [0.25, 0.3) is 0 Å². The second-order valence-corrected chi connectivity index (χ2v) is 9.39. The molecule has 0 bridgehead atoms. The number of likely N-dealkylation sites (tertiary alicyclic amines) is 1. The normalized spacial score (nSPS) is 19.6. The van der Waals surface area contributed by atoms with Gasteiger partial charge < -0.3 is 4.74 Å². The van der Waals surface area contributed by atoms with Crippen molar-refractivity contribution in [1.29, 1.82) is 0 Å². The molecule has 2 aromatic carbocycles. The fourth-order valence-corrected chi connectivity index (χ4v) is 4.34. The number of urea groups is 1. The Kier molecular flexibility index (Phi) is 9.60. The summed E-state index contributed by atoms with van der Waals surface area (Å²) in [6, 6.07) is 13.3. The van der Waals surface area contributed by atoms with Gasteiger partial charge >= 0.3 is 6.03 Å². The summed E-state index contributed by atoms with van der Waals surface area (Å²) in [7, 11) is 0. The smallest absolute Gasteiger partial charge is 0.327 e. The van der Waals surface area contributed by atoms with Crippen LogP contribution in [-0.4, -0.2) is 54.7 Å². The Morgan fingerprint density at radius 2 is 2.03 bits per heavy atom. The van der Waals surface area contributed by atoms with E-state index in [1.54, 1.807) is 24.0 Å². The number of halogens is 2. The molecule has 1 aliphatic rings. The number of rotatable bonds is 9. The number of nitrogens with one attached hydrogen (secondary N) is 1. The van der Waals surface area contributed by atoms with Crippen molar-refractivity contribution in [2.45, 2.75) is 71.3 Å². The van der Waals surface area contributed by atoms with E-state index in [2.05, 4.69) is 34.3 Å². The van der Waals surface area contributed by atoms with Gasteiger partial charge in [-0.25, -0.2) is 13.6 Å². The van der Waals surface area contributed by atoms with E-state index in [4.69, 9.17) is 4.74 Å². The number of nitrogens with zero attached hydrogens (tertiary/aromatic N) is 3. The molecule has 3 rings (SSSR count). The maximum Gasteiger partial charge on any atom is 0.327 e. The minimum absolute atomic E-state index is 0.116. The highest BCUT2D eigenvalue weighted by atomic mass is 19.1. The van der Waals surface area contributed by atoms with Crippen LogP contribution in [0.1, 0.15) is 46.1 Å². The molecule has 1 aliphatic heterocycles. The molecular weight excluding hydrogens is 450 g/mol. The van der Waals surface area contributed by atoms with E-state index in [1.807, 2.05) is 26.0 Å². The maximum atomic E-state index is 14.0. The van der Waals surface area contributed by atoms with Crippen molar-refractivity contribution in [3.8, 4) is 5.75 Å². The molecule has 1 heterocycles. The molecule has 8 heteroatoms. The van der Waals surface area contributed by atoms with E-state index >= 15 is 0 Å². The topological polar surface area (TPSA) is 57.2 Å². The molecule has 1 fully saturated rings. The summed E-state index contributed by atoms with van der Waals surface area (Å²) < 4.78 is 32.5. The number of hydrogen-bond donors (Lipinski definition) is 1. The van der Waals surface area contributed by atoms with Crippen LogP contribution >= 0.6 is 0 Å². The second-order valence-electron chi connectivity index (χ2n) is 9.39. The number of amides is 2. The van der Waals surface area contributed by atoms with Crippen molar-refractivity contribution < 1.29 is 18.3 Å². The number of aliphatic imine (C=N–C) groups is 1. The number of anilines is 1. The van der Waals surface area contributed by atoms with E-state index in [9.17, 15) is 13.6 Å². The van der Waals surface area contributed by atoms with Crippen LogP contribution in [0.2, 0.25) is 0 Å². The van der Waals surface area contributed by atoms with Gasteiger partial charge in [0.15, 0.2) is 0 Å². The first-order valence-corrected chi connectivity index (χ1v) is 12.2. The van der Waals surface area contributed by atoms with E-state index in [1.165, 1.54) is 24.0 Å². The predicted octanol–water partition coefficient (Wildman–Crippen LogP) is 5.57. The highest BCUT2D eigenvalue weighted by Gasteiger charge is 2.33. The quantitative estimate of drug-likeness (QED) is 0.373. The summed E-state index contributed by atoms with van der Waals surface area (Å²) in [5, 5.41) is 2.63. The van der Waals surface area contributed by atoms with Gasteiger partial charge in [-0.1, -0.05) is 18.2 Å². The van der Waals surface area contributed by atoms with Gasteiger partial charge in [0.2, 0.25) is 0 Å². The molecule has 1 N–H and O–H groups in total. The minimum atomic E-state index is -0.609. The molecule has 0 saturated carbocycles. The Bertz CT molecular complexity index is 1000. The number of alkyl halides is 1. The molecule has 1 saturated heterocycles. The van der Waals surface area contributed by atoms with Crippen molar-refractivity contribution in [3.63, 3.8) is 0 Å². The summed E-state index contributed by atoms with van der Waals surface area (Å²) in [6.07, 6.45) is 2.80. The van der Waals surface area contributed by atoms with Crippen LogP contribution in [0.15, 0.2) is 53.5 Å². The first kappa shape index (κ1) is 26.6. The molecule has 0 aliphatic carbocycles. The lowest BCUT2D eigenvalue weighted by atomic mass is 9.95. The first-order valence-electron chi connectivity index (χ1n) is 12.2. The number of hydrogen-bond acceptors (Lipinski definition) is 4. The molecule has 0 aromatic heterocycles. The molecule has 2 aromatic rings. The van der Waals surface area contributed by atoms with Crippen molar-refractivity contribution in [2.75, 3.05) is 18.1 Å². The lowest BCUT2D eigenvalue weighted by Gasteiger charge is -2.42. The molecule has 3 atom stereocenters.